The molecule has 0 atom stereocenters. The molecule has 1 aliphatic rings. The highest BCUT2D eigenvalue weighted by molar-refractivity contribution is 6.30. The molecular weight excluding hydrogens is 306 g/mol. The van der Waals surface area contributed by atoms with Crippen LogP contribution in [0.2, 0.25) is 5.02 Å². The number of aliphatic carboxylic acids is 1. The Morgan fingerprint density at radius 1 is 1.32 bits per heavy atom. The van der Waals surface area contributed by atoms with Gasteiger partial charge in [0.1, 0.15) is 0 Å². The van der Waals surface area contributed by atoms with Crippen molar-refractivity contribution in [2.45, 2.75) is 19.4 Å². The van der Waals surface area contributed by atoms with Gasteiger partial charge >= 0.3 is 5.97 Å². The number of hydrogen-bond donors (Lipinski definition) is 1. The lowest BCUT2D eigenvalue weighted by Gasteiger charge is -2.28. The summed E-state index contributed by atoms with van der Waals surface area (Å²) in [5.74, 6) is 0.136. The van der Waals surface area contributed by atoms with E-state index in [2.05, 4.69) is 15.0 Å². The van der Waals surface area contributed by atoms with Crippen molar-refractivity contribution in [1.29, 1.82) is 0 Å². The van der Waals surface area contributed by atoms with Crippen molar-refractivity contribution < 1.29 is 14.4 Å². The molecule has 0 radical (unpaired) electrons. The number of hydrogen-bond acceptors (Lipinski definition) is 5. The predicted octanol–water partition coefficient (Wildman–Crippen LogP) is 2.69. The third-order valence-corrected chi connectivity index (χ3v) is 4.12. The summed E-state index contributed by atoms with van der Waals surface area (Å²) in [5.41, 5.74) is 0.851. The van der Waals surface area contributed by atoms with Crippen molar-refractivity contribution in [3.63, 3.8) is 0 Å². The summed E-state index contributed by atoms with van der Waals surface area (Å²) in [6, 6.07) is 7.25. The molecule has 0 amide bonds. The van der Waals surface area contributed by atoms with Gasteiger partial charge in [0.05, 0.1) is 12.5 Å². The summed E-state index contributed by atoms with van der Waals surface area (Å²) >= 11 is 5.85. The zero-order chi connectivity index (χ0) is 15.5. The van der Waals surface area contributed by atoms with Crippen LogP contribution in [0.25, 0.3) is 11.4 Å². The number of rotatable bonds is 4. The average Bonchev–Trinajstić information content (AvgIpc) is 2.97. The molecule has 1 saturated heterocycles. The van der Waals surface area contributed by atoms with Crippen molar-refractivity contribution in [2.24, 2.45) is 5.92 Å². The second kappa shape index (κ2) is 6.46. The minimum atomic E-state index is -0.706. The number of likely N-dealkylation sites (tertiary alicyclic amines) is 1. The molecule has 2 aromatic rings. The molecule has 1 aromatic heterocycles. The fourth-order valence-corrected chi connectivity index (χ4v) is 2.69. The van der Waals surface area contributed by atoms with E-state index in [-0.39, 0.29) is 5.92 Å². The zero-order valence-electron chi connectivity index (χ0n) is 11.9. The standard InChI is InChI=1S/C15H16ClN3O3/c16-12-3-1-10(2-4-12)14-17-13(22-18-14)9-19-7-5-11(6-8-19)15(20)21/h1-4,11H,5-9H2,(H,20,21). The van der Waals surface area contributed by atoms with Gasteiger partial charge in [-0.15, -0.1) is 0 Å². The molecule has 1 aromatic carbocycles. The van der Waals surface area contributed by atoms with Crippen LogP contribution in [-0.2, 0) is 11.3 Å². The Labute approximate surface area is 132 Å². The Bertz CT molecular complexity index is 648. The van der Waals surface area contributed by atoms with Gasteiger partial charge < -0.3 is 9.63 Å². The van der Waals surface area contributed by atoms with E-state index in [1.54, 1.807) is 12.1 Å². The molecule has 0 saturated carbocycles. The van der Waals surface area contributed by atoms with Crippen LogP contribution in [0.4, 0.5) is 0 Å². The largest absolute Gasteiger partial charge is 0.481 e. The van der Waals surface area contributed by atoms with Gasteiger partial charge in [-0.25, -0.2) is 0 Å². The Kier molecular flexibility index (Phi) is 4.40. The van der Waals surface area contributed by atoms with E-state index in [1.165, 1.54) is 0 Å². The van der Waals surface area contributed by atoms with E-state index in [4.69, 9.17) is 21.2 Å². The predicted molar refractivity (Wildman–Crippen MR) is 80.4 cm³/mol. The maximum Gasteiger partial charge on any atom is 0.306 e. The highest BCUT2D eigenvalue weighted by Gasteiger charge is 2.25. The fourth-order valence-electron chi connectivity index (χ4n) is 2.56. The monoisotopic (exact) mass is 321 g/mol. The highest BCUT2D eigenvalue weighted by Crippen LogP contribution is 2.21. The van der Waals surface area contributed by atoms with Crippen LogP contribution < -0.4 is 0 Å². The van der Waals surface area contributed by atoms with E-state index in [1.807, 2.05) is 12.1 Å². The molecule has 0 unspecified atom stereocenters. The molecule has 116 valence electrons. The number of nitrogens with zero attached hydrogens (tertiary/aromatic N) is 3. The minimum Gasteiger partial charge on any atom is -0.481 e. The SMILES string of the molecule is O=C(O)C1CCN(Cc2nc(-c3ccc(Cl)cc3)no2)CC1. The minimum absolute atomic E-state index is 0.233. The van der Waals surface area contributed by atoms with E-state index < -0.39 is 5.97 Å². The molecule has 0 bridgehead atoms. The first-order valence-electron chi connectivity index (χ1n) is 7.15. The number of carboxylic acid groups (broad SMARTS) is 1. The number of carbonyl (C=O) groups is 1. The molecule has 1 aliphatic heterocycles. The van der Waals surface area contributed by atoms with Crippen LogP contribution in [0.15, 0.2) is 28.8 Å². The number of halogens is 1. The first kappa shape index (κ1) is 15.0. The van der Waals surface area contributed by atoms with E-state index in [9.17, 15) is 4.79 Å². The Balaban J connectivity index is 1.60. The third-order valence-electron chi connectivity index (χ3n) is 3.87. The van der Waals surface area contributed by atoms with Crippen molar-refractivity contribution >= 4 is 17.6 Å². The maximum absolute atomic E-state index is 10.9. The molecule has 6 nitrogen and oxygen atoms in total. The number of piperidine rings is 1. The van der Waals surface area contributed by atoms with Gasteiger partial charge in [-0.1, -0.05) is 16.8 Å². The summed E-state index contributed by atoms with van der Waals surface area (Å²) in [7, 11) is 0. The Morgan fingerprint density at radius 2 is 2.00 bits per heavy atom. The second-order valence-electron chi connectivity index (χ2n) is 5.41. The molecule has 1 N–H and O–H groups in total. The first-order valence-corrected chi connectivity index (χ1v) is 7.53. The lowest BCUT2D eigenvalue weighted by atomic mass is 9.97. The second-order valence-corrected chi connectivity index (χ2v) is 5.84. The van der Waals surface area contributed by atoms with Gasteiger partial charge in [-0.2, -0.15) is 4.98 Å². The Morgan fingerprint density at radius 3 is 2.64 bits per heavy atom. The van der Waals surface area contributed by atoms with Gasteiger partial charge in [0.2, 0.25) is 11.7 Å². The van der Waals surface area contributed by atoms with Gasteiger partial charge in [0.25, 0.3) is 0 Å². The molecule has 2 heterocycles. The molecule has 22 heavy (non-hydrogen) atoms. The van der Waals surface area contributed by atoms with Gasteiger partial charge in [-0.05, 0) is 50.2 Å². The van der Waals surface area contributed by atoms with Gasteiger partial charge in [0.15, 0.2) is 0 Å². The number of aromatic nitrogens is 2. The zero-order valence-corrected chi connectivity index (χ0v) is 12.7. The van der Waals surface area contributed by atoms with E-state index >= 15 is 0 Å². The molecular formula is C15H16ClN3O3. The molecule has 0 spiro atoms. The highest BCUT2D eigenvalue weighted by atomic mass is 35.5. The smallest absolute Gasteiger partial charge is 0.306 e. The molecule has 1 fully saturated rings. The summed E-state index contributed by atoms with van der Waals surface area (Å²) in [4.78, 5) is 17.5. The van der Waals surface area contributed by atoms with Crippen molar-refractivity contribution in [2.75, 3.05) is 13.1 Å². The van der Waals surface area contributed by atoms with Crippen molar-refractivity contribution in [1.82, 2.24) is 15.0 Å². The normalized spacial score (nSPS) is 16.8. The topological polar surface area (TPSA) is 79.5 Å². The number of benzene rings is 1. The summed E-state index contributed by atoms with van der Waals surface area (Å²) in [6.07, 6.45) is 1.32. The number of carboxylic acids is 1. The van der Waals surface area contributed by atoms with Gasteiger partial charge in [-0.3, -0.25) is 9.69 Å². The summed E-state index contributed by atoms with van der Waals surface area (Å²) < 4.78 is 5.27. The Hall–Kier alpha value is -1.92. The molecule has 3 rings (SSSR count). The summed E-state index contributed by atoms with van der Waals surface area (Å²) in [6.45, 7) is 2.01. The first-order chi connectivity index (χ1) is 10.6. The van der Waals surface area contributed by atoms with Crippen LogP contribution in [0.5, 0.6) is 0 Å². The van der Waals surface area contributed by atoms with Crippen LogP contribution in [0.1, 0.15) is 18.7 Å². The third kappa shape index (κ3) is 3.45. The summed E-state index contributed by atoms with van der Waals surface area (Å²) in [5, 5.41) is 13.6. The van der Waals surface area contributed by atoms with Crippen molar-refractivity contribution in [3.05, 3.63) is 35.2 Å². The van der Waals surface area contributed by atoms with Crippen LogP contribution >= 0.6 is 11.6 Å². The van der Waals surface area contributed by atoms with E-state index in [0.717, 1.165) is 18.7 Å². The van der Waals surface area contributed by atoms with Crippen LogP contribution in [-0.4, -0.2) is 39.2 Å². The van der Waals surface area contributed by atoms with Crippen molar-refractivity contribution in [3.8, 4) is 11.4 Å². The average molecular weight is 322 g/mol. The van der Waals surface area contributed by atoms with E-state index in [0.29, 0.717) is 36.1 Å². The maximum atomic E-state index is 10.9. The van der Waals surface area contributed by atoms with Crippen LogP contribution in [0.3, 0.4) is 0 Å². The lowest BCUT2D eigenvalue weighted by molar-refractivity contribution is -0.143. The lowest BCUT2D eigenvalue weighted by Crippen LogP contribution is -2.35. The quantitative estimate of drug-likeness (QED) is 0.932. The fraction of sp³-hybridized carbons (Fsp3) is 0.400. The van der Waals surface area contributed by atoms with Gasteiger partial charge in [0, 0.05) is 10.6 Å². The molecule has 7 heteroatoms. The van der Waals surface area contributed by atoms with Crippen LogP contribution in [0, 0.1) is 5.92 Å². The molecule has 0 aliphatic carbocycles.